The zero-order valence-electron chi connectivity index (χ0n) is 12.7. The molecule has 2 aromatic rings. The SMILES string of the molecule is O=C(O)C(CCOCCc1ccc(Cl)cc1)S(=O)(=O)c1cccs1. The first-order valence-corrected chi connectivity index (χ1v) is 10.0. The predicted octanol–water partition coefficient (Wildman–Crippen LogP) is 3.28. The summed E-state index contributed by atoms with van der Waals surface area (Å²) >= 11 is 6.82. The number of thiophene rings is 1. The highest BCUT2D eigenvalue weighted by molar-refractivity contribution is 7.94. The Labute approximate surface area is 149 Å². The molecular weight excluding hydrogens is 372 g/mol. The summed E-state index contributed by atoms with van der Waals surface area (Å²) in [4.78, 5) is 11.3. The van der Waals surface area contributed by atoms with Crippen LogP contribution >= 0.6 is 22.9 Å². The van der Waals surface area contributed by atoms with Gasteiger partial charge in [-0.1, -0.05) is 29.8 Å². The van der Waals surface area contributed by atoms with Crippen molar-refractivity contribution >= 4 is 38.7 Å². The van der Waals surface area contributed by atoms with Crippen molar-refractivity contribution in [3.8, 4) is 0 Å². The van der Waals surface area contributed by atoms with Gasteiger partial charge in [-0.25, -0.2) is 8.42 Å². The quantitative estimate of drug-likeness (QED) is 0.667. The first kappa shape index (κ1) is 18.9. The average Bonchev–Trinajstić information content (AvgIpc) is 3.07. The Bertz CT molecular complexity index is 754. The van der Waals surface area contributed by atoms with Gasteiger partial charge in [-0.05, 0) is 42.0 Å². The zero-order chi connectivity index (χ0) is 17.6. The third kappa shape index (κ3) is 5.04. The van der Waals surface area contributed by atoms with Gasteiger partial charge in [0.2, 0.25) is 9.84 Å². The van der Waals surface area contributed by atoms with Crippen LogP contribution in [0.4, 0.5) is 0 Å². The van der Waals surface area contributed by atoms with E-state index in [2.05, 4.69) is 0 Å². The predicted molar refractivity (Wildman–Crippen MR) is 93.5 cm³/mol. The lowest BCUT2D eigenvalue weighted by Gasteiger charge is -2.12. The molecule has 1 unspecified atom stereocenters. The van der Waals surface area contributed by atoms with Gasteiger partial charge in [0.15, 0.2) is 5.25 Å². The highest BCUT2D eigenvalue weighted by atomic mass is 35.5. The first-order chi connectivity index (χ1) is 11.4. The monoisotopic (exact) mass is 388 g/mol. The fraction of sp³-hybridized carbons (Fsp3) is 0.312. The van der Waals surface area contributed by atoms with E-state index < -0.39 is 21.1 Å². The number of benzene rings is 1. The highest BCUT2D eigenvalue weighted by Crippen LogP contribution is 2.23. The molecule has 1 N–H and O–H groups in total. The number of carbonyl (C=O) groups is 1. The van der Waals surface area contributed by atoms with Gasteiger partial charge in [-0.2, -0.15) is 0 Å². The molecule has 0 aliphatic heterocycles. The van der Waals surface area contributed by atoms with Crippen molar-refractivity contribution in [1.82, 2.24) is 0 Å². The summed E-state index contributed by atoms with van der Waals surface area (Å²) in [7, 11) is -3.88. The molecule has 0 bridgehead atoms. The number of rotatable bonds is 9. The van der Waals surface area contributed by atoms with Crippen LogP contribution in [0.15, 0.2) is 46.0 Å². The van der Waals surface area contributed by atoms with Crippen LogP contribution in [0, 0.1) is 0 Å². The molecule has 0 aliphatic carbocycles. The second kappa shape index (κ2) is 8.62. The lowest BCUT2D eigenvalue weighted by Crippen LogP contribution is -2.31. The van der Waals surface area contributed by atoms with Gasteiger partial charge in [-0.15, -0.1) is 11.3 Å². The van der Waals surface area contributed by atoms with E-state index in [4.69, 9.17) is 16.3 Å². The van der Waals surface area contributed by atoms with Crippen molar-refractivity contribution < 1.29 is 23.1 Å². The summed E-state index contributed by atoms with van der Waals surface area (Å²) < 4.78 is 30.1. The molecule has 1 aromatic carbocycles. The standard InChI is InChI=1S/C16H17ClO5S2/c17-13-5-3-12(4-6-13)7-9-22-10-8-14(16(18)19)24(20,21)15-2-1-11-23-15/h1-6,11,14H,7-10H2,(H,18,19). The maximum absolute atomic E-state index is 12.3. The van der Waals surface area contributed by atoms with Crippen molar-refractivity contribution in [3.63, 3.8) is 0 Å². The van der Waals surface area contributed by atoms with E-state index in [-0.39, 0.29) is 17.2 Å². The second-order valence-corrected chi connectivity index (χ2v) is 8.82. The summed E-state index contributed by atoms with van der Waals surface area (Å²) in [6, 6.07) is 10.3. The summed E-state index contributed by atoms with van der Waals surface area (Å²) in [6.45, 7) is 0.447. The van der Waals surface area contributed by atoms with Gasteiger partial charge in [-0.3, -0.25) is 4.79 Å². The van der Waals surface area contributed by atoms with Crippen LogP contribution in [0.1, 0.15) is 12.0 Å². The van der Waals surface area contributed by atoms with E-state index in [0.717, 1.165) is 16.9 Å². The maximum Gasteiger partial charge on any atom is 0.322 e. The molecule has 0 fully saturated rings. The molecule has 0 saturated carbocycles. The Hall–Kier alpha value is -1.41. The van der Waals surface area contributed by atoms with E-state index in [1.165, 1.54) is 6.07 Å². The molecule has 2 rings (SSSR count). The number of hydrogen-bond acceptors (Lipinski definition) is 5. The molecule has 1 heterocycles. The van der Waals surface area contributed by atoms with Gasteiger partial charge in [0.25, 0.3) is 0 Å². The van der Waals surface area contributed by atoms with E-state index in [1.54, 1.807) is 23.6 Å². The minimum absolute atomic E-state index is 0.0646. The van der Waals surface area contributed by atoms with Gasteiger partial charge < -0.3 is 9.84 Å². The van der Waals surface area contributed by atoms with Gasteiger partial charge in [0.05, 0.1) is 6.61 Å². The topological polar surface area (TPSA) is 80.7 Å². The number of hydrogen-bond donors (Lipinski definition) is 1. The molecule has 24 heavy (non-hydrogen) atoms. The Morgan fingerprint density at radius 2 is 1.92 bits per heavy atom. The fourth-order valence-electron chi connectivity index (χ4n) is 2.11. The molecule has 0 spiro atoms. The molecule has 1 aromatic heterocycles. The Kier molecular flexibility index (Phi) is 6.79. The van der Waals surface area contributed by atoms with Gasteiger partial charge in [0, 0.05) is 11.6 Å². The van der Waals surface area contributed by atoms with Crippen molar-refractivity contribution in [1.29, 1.82) is 0 Å². The average molecular weight is 389 g/mol. The lowest BCUT2D eigenvalue weighted by atomic mass is 10.2. The lowest BCUT2D eigenvalue weighted by molar-refractivity contribution is -0.136. The first-order valence-electron chi connectivity index (χ1n) is 7.23. The Balaban J connectivity index is 1.84. The second-order valence-electron chi connectivity index (χ2n) is 5.08. The van der Waals surface area contributed by atoms with Gasteiger partial charge >= 0.3 is 5.97 Å². The summed E-state index contributed by atoms with van der Waals surface area (Å²) in [5, 5.41) is 9.99. The van der Waals surface area contributed by atoms with Crippen LogP contribution in [-0.2, 0) is 25.8 Å². The Morgan fingerprint density at radius 1 is 1.21 bits per heavy atom. The van der Waals surface area contributed by atoms with E-state index in [0.29, 0.717) is 18.1 Å². The van der Waals surface area contributed by atoms with Crippen LogP contribution in [-0.4, -0.2) is 38.0 Å². The smallest absolute Gasteiger partial charge is 0.322 e. The van der Waals surface area contributed by atoms with Gasteiger partial charge in [0.1, 0.15) is 4.21 Å². The molecule has 130 valence electrons. The van der Waals surface area contributed by atoms with Crippen LogP contribution in [0.25, 0.3) is 0 Å². The number of ether oxygens (including phenoxy) is 1. The van der Waals surface area contributed by atoms with Crippen LogP contribution in [0.3, 0.4) is 0 Å². The van der Waals surface area contributed by atoms with Crippen molar-refractivity contribution in [2.24, 2.45) is 0 Å². The third-order valence-corrected chi connectivity index (χ3v) is 7.18. The molecule has 0 radical (unpaired) electrons. The number of halogens is 1. The van der Waals surface area contributed by atoms with E-state index in [9.17, 15) is 18.3 Å². The molecular formula is C16H17ClO5S2. The Morgan fingerprint density at radius 3 is 2.50 bits per heavy atom. The molecule has 1 atom stereocenters. The molecule has 0 saturated heterocycles. The van der Waals surface area contributed by atoms with Crippen molar-refractivity contribution in [2.75, 3.05) is 13.2 Å². The number of carboxylic acid groups (broad SMARTS) is 1. The molecule has 8 heteroatoms. The van der Waals surface area contributed by atoms with Crippen LogP contribution in [0.2, 0.25) is 5.02 Å². The third-order valence-electron chi connectivity index (χ3n) is 3.40. The zero-order valence-corrected chi connectivity index (χ0v) is 15.1. The van der Waals surface area contributed by atoms with E-state index >= 15 is 0 Å². The number of aliphatic carboxylic acids is 1. The summed E-state index contributed by atoms with van der Waals surface area (Å²) in [5.41, 5.74) is 1.04. The normalized spacial score (nSPS) is 12.9. The molecule has 0 aliphatic rings. The minimum Gasteiger partial charge on any atom is -0.480 e. The number of carboxylic acids is 1. The van der Waals surface area contributed by atoms with Crippen molar-refractivity contribution in [2.45, 2.75) is 22.3 Å². The summed E-state index contributed by atoms with van der Waals surface area (Å²) in [6.07, 6.45) is 0.558. The van der Waals surface area contributed by atoms with Crippen LogP contribution in [0.5, 0.6) is 0 Å². The minimum atomic E-state index is -3.88. The number of sulfone groups is 1. The van der Waals surface area contributed by atoms with Crippen molar-refractivity contribution in [3.05, 3.63) is 52.4 Å². The fourth-order valence-corrected chi connectivity index (χ4v) is 4.96. The molecule has 5 nitrogen and oxygen atoms in total. The highest BCUT2D eigenvalue weighted by Gasteiger charge is 2.34. The largest absolute Gasteiger partial charge is 0.480 e. The molecule has 0 amide bonds. The van der Waals surface area contributed by atoms with Crippen LogP contribution < -0.4 is 0 Å². The maximum atomic E-state index is 12.3. The summed E-state index contributed by atoms with van der Waals surface area (Å²) in [5.74, 6) is -1.36. The van der Waals surface area contributed by atoms with E-state index in [1.807, 2.05) is 12.1 Å².